The van der Waals surface area contributed by atoms with Crippen molar-refractivity contribution in [3.05, 3.63) is 66.2 Å². The zero-order chi connectivity index (χ0) is 19.5. The van der Waals surface area contributed by atoms with Gasteiger partial charge in [-0.3, -0.25) is 0 Å². The maximum Gasteiger partial charge on any atom is 0.146 e. The fourth-order valence-corrected chi connectivity index (χ4v) is 3.16. The van der Waals surface area contributed by atoms with E-state index in [1.54, 1.807) is 6.07 Å². The Bertz CT molecular complexity index is 1110. The lowest BCUT2D eigenvalue weighted by molar-refractivity contribution is 0.446. The molecule has 4 aromatic rings. The van der Waals surface area contributed by atoms with E-state index in [1.807, 2.05) is 48.5 Å². The monoisotopic (exact) mass is 374 g/mol. The number of anilines is 2. The second kappa shape index (κ2) is 7.60. The Morgan fingerprint density at radius 1 is 0.893 bits per heavy atom. The van der Waals surface area contributed by atoms with E-state index in [9.17, 15) is 10.2 Å². The zero-order valence-electron chi connectivity index (χ0n) is 15.6. The maximum absolute atomic E-state index is 10.6. The van der Waals surface area contributed by atoms with E-state index < -0.39 is 0 Å². The number of hydrogen-bond acceptors (Lipinski definition) is 5. The van der Waals surface area contributed by atoms with Crippen molar-refractivity contribution in [2.24, 2.45) is 0 Å². The number of para-hydroxylation sites is 1. The minimum absolute atomic E-state index is 0.0895. The van der Waals surface area contributed by atoms with E-state index in [1.165, 1.54) is 10.9 Å². The van der Waals surface area contributed by atoms with Crippen LogP contribution in [0.4, 0.5) is 11.4 Å². The van der Waals surface area contributed by atoms with Crippen LogP contribution in [-0.4, -0.2) is 25.2 Å². The highest BCUT2D eigenvalue weighted by molar-refractivity contribution is 5.80. The fourth-order valence-electron chi connectivity index (χ4n) is 3.16. The summed E-state index contributed by atoms with van der Waals surface area (Å²) >= 11 is 0. The van der Waals surface area contributed by atoms with Crippen LogP contribution in [0.15, 0.2) is 60.7 Å². The summed E-state index contributed by atoms with van der Waals surface area (Å²) in [6.45, 7) is 2.09. The summed E-state index contributed by atoms with van der Waals surface area (Å²) in [7, 11) is 0. The third kappa shape index (κ3) is 3.62. The fraction of sp³-hybridized carbons (Fsp3) is 0.182. The molecule has 0 aliphatic carbocycles. The number of rotatable bonds is 6. The van der Waals surface area contributed by atoms with E-state index in [2.05, 4.69) is 22.4 Å². The minimum Gasteiger partial charge on any atom is -0.508 e. The molecule has 28 heavy (non-hydrogen) atoms. The van der Waals surface area contributed by atoms with E-state index in [0.29, 0.717) is 28.7 Å². The molecule has 6 nitrogen and oxygen atoms in total. The Kier molecular flexibility index (Phi) is 4.85. The Hall–Kier alpha value is -3.54. The van der Waals surface area contributed by atoms with Crippen molar-refractivity contribution < 1.29 is 10.2 Å². The lowest BCUT2D eigenvalue weighted by atomic mass is 10.1. The lowest BCUT2D eigenvalue weighted by Crippen LogP contribution is -2.01. The summed E-state index contributed by atoms with van der Waals surface area (Å²) in [5, 5.41) is 33.0. The van der Waals surface area contributed by atoms with Gasteiger partial charge in [-0.05, 0) is 54.8 Å². The van der Waals surface area contributed by atoms with Gasteiger partial charge in [0.2, 0.25) is 0 Å². The van der Waals surface area contributed by atoms with E-state index in [0.717, 1.165) is 24.2 Å². The quantitative estimate of drug-likeness (QED) is 0.417. The van der Waals surface area contributed by atoms with Crippen molar-refractivity contribution >= 4 is 22.4 Å². The molecule has 0 saturated carbocycles. The van der Waals surface area contributed by atoms with Gasteiger partial charge in [0, 0.05) is 17.4 Å². The van der Waals surface area contributed by atoms with Gasteiger partial charge in [0.25, 0.3) is 0 Å². The third-order valence-corrected chi connectivity index (χ3v) is 4.61. The molecule has 1 heterocycles. The van der Waals surface area contributed by atoms with Crippen LogP contribution in [0.5, 0.6) is 11.5 Å². The third-order valence-electron chi connectivity index (χ3n) is 4.61. The largest absolute Gasteiger partial charge is 0.508 e. The van der Waals surface area contributed by atoms with Crippen molar-refractivity contribution in [3.8, 4) is 17.2 Å². The van der Waals surface area contributed by atoms with Crippen molar-refractivity contribution in [2.45, 2.75) is 26.2 Å². The molecular weight excluding hydrogens is 352 g/mol. The summed E-state index contributed by atoms with van der Waals surface area (Å²) in [4.78, 5) is 1.38. The predicted molar refractivity (Wildman–Crippen MR) is 111 cm³/mol. The van der Waals surface area contributed by atoms with Crippen LogP contribution in [0.2, 0.25) is 0 Å². The molecule has 0 unspecified atom stereocenters. The number of unbranched alkanes of at least 4 members (excludes halogenated alkanes) is 1. The molecule has 0 fully saturated rings. The molecule has 0 radical (unpaired) electrons. The zero-order valence-corrected chi connectivity index (χ0v) is 15.6. The van der Waals surface area contributed by atoms with Crippen LogP contribution in [0.3, 0.4) is 0 Å². The molecule has 0 amide bonds. The minimum atomic E-state index is 0.0895. The number of aryl methyl sites for hydroxylation is 1. The van der Waals surface area contributed by atoms with E-state index in [4.69, 9.17) is 0 Å². The number of phenolic OH excluding ortho intramolecular Hbond substituents is 2. The molecular formula is C22H22N4O2. The van der Waals surface area contributed by atoms with Crippen LogP contribution in [-0.2, 0) is 6.42 Å². The first-order valence-electron chi connectivity index (χ1n) is 9.38. The molecule has 6 heteroatoms. The van der Waals surface area contributed by atoms with Gasteiger partial charge in [-0.25, -0.2) is 0 Å². The van der Waals surface area contributed by atoms with Gasteiger partial charge >= 0.3 is 0 Å². The number of benzene rings is 3. The Labute approximate surface area is 163 Å². The molecule has 1 aromatic heterocycles. The van der Waals surface area contributed by atoms with Crippen LogP contribution >= 0.6 is 0 Å². The van der Waals surface area contributed by atoms with E-state index >= 15 is 0 Å². The SMILES string of the molecule is CCCCc1cc(O)cc(-n2nc3ccc(Nc4ccccc4)cc3n2)c1O. The highest BCUT2D eigenvalue weighted by Gasteiger charge is 2.14. The van der Waals surface area contributed by atoms with Crippen LogP contribution in [0.25, 0.3) is 16.7 Å². The first-order valence-corrected chi connectivity index (χ1v) is 9.38. The van der Waals surface area contributed by atoms with Gasteiger partial charge in [-0.2, -0.15) is 0 Å². The number of nitrogens with one attached hydrogen (secondary N) is 1. The topological polar surface area (TPSA) is 83.2 Å². The van der Waals surface area contributed by atoms with Crippen LogP contribution in [0.1, 0.15) is 25.3 Å². The van der Waals surface area contributed by atoms with Crippen LogP contribution < -0.4 is 5.32 Å². The number of fused-ring (bicyclic) bond motifs is 1. The lowest BCUT2D eigenvalue weighted by Gasteiger charge is -2.09. The molecule has 0 bridgehead atoms. The second-order valence-electron chi connectivity index (χ2n) is 6.76. The molecule has 0 saturated heterocycles. The molecule has 0 aliphatic heterocycles. The highest BCUT2D eigenvalue weighted by atomic mass is 16.3. The number of phenols is 2. The summed E-state index contributed by atoms with van der Waals surface area (Å²) in [5.41, 5.74) is 4.36. The average molecular weight is 374 g/mol. The van der Waals surface area contributed by atoms with Gasteiger partial charge in [0.15, 0.2) is 0 Å². The number of hydrogen-bond donors (Lipinski definition) is 3. The van der Waals surface area contributed by atoms with Gasteiger partial charge in [-0.1, -0.05) is 31.5 Å². The highest BCUT2D eigenvalue weighted by Crippen LogP contribution is 2.32. The predicted octanol–water partition coefficient (Wildman–Crippen LogP) is 4.92. The standard InChI is InChI=1S/C22H22N4O2/c1-2-3-7-15-12-18(27)14-21(22(15)28)26-24-19-11-10-17(13-20(19)25-26)23-16-8-5-4-6-9-16/h4-6,8-14,23,27-28H,2-3,7H2,1H3. The Morgan fingerprint density at radius 2 is 1.68 bits per heavy atom. The Morgan fingerprint density at radius 3 is 2.46 bits per heavy atom. The molecule has 0 atom stereocenters. The van der Waals surface area contributed by atoms with Gasteiger partial charge in [0.05, 0.1) is 0 Å². The molecule has 142 valence electrons. The number of nitrogens with zero attached hydrogens (tertiary/aromatic N) is 3. The van der Waals surface area contributed by atoms with Gasteiger partial charge < -0.3 is 15.5 Å². The average Bonchev–Trinajstić information content (AvgIpc) is 3.12. The van der Waals surface area contributed by atoms with Crippen LogP contribution in [0, 0.1) is 0 Å². The van der Waals surface area contributed by atoms with Gasteiger partial charge in [-0.15, -0.1) is 15.0 Å². The van der Waals surface area contributed by atoms with Crippen molar-refractivity contribution in [3.63, 3.8) is 0 Å². The molecule has 4 rings (SSSR count). The van der Waals surface area contributed by atoms with E-state index in [-0.39, 0.29) is 11.5 Å². The van der Waals surface area contributed by atoms with Crippen molar-refractivity contribution in [1.82, 2.24) is 15.0 Å². The summed E-state index contributed by atoms with van der Waals surface area (Å²) in [5.74, 6) is 0.195. The summed E-state index contributed by atoms with van der Waals surface area (Å²) in [6, 6.07) is 18.7. The molecule has 0 aliphatic rings. The Balaban J connectivity index is 1.69. The van der Waals surface area contributed by atoms with Gasteiger partial charge in [0.1, 0.15) is 28.2 Å². The summed E-state index contributed by atoms with van der Waals surface area (Å²) < 4.78 is 0. The molecule has 3 N–H and O–H groups in total. The molecule has 0 spiro atoms. The van der Waals surface area contributed by atoms with Crippen molar-refractivity contribution in [2.75, 3.05) is 5.32 Å². The normalized spacial score (nSPS) is 11.0. The van der Waals surface area contributed by atoms with Crippen molar-refractivity contribution in [1.29, 1.82) is 0 Å². The smallest absolute Gasteiger partial charge is 0.146 e. The summed E-state index contributed by atoms with van der Waals surface area (Å²) in [6.07, 6.45) is 2.63. The number of aromatic hydroxyl groups is 2. The number of aromatic nitrogens is 3. The molecule has 3 aromatic carbocycles. The first kappa shape index (κ1) is 17.9. The maximum atomic E-state index is 10.6. The first-order chi connectivity index (χ1) is 13.6. The second-order valence-corrected chi connectivity index (χ2v) is 6.76.